The van der Waals surface area contributed by atoms with Crippen LogP contribution in [0.3, 0.4) is 0 Å². The van der Waals surface area contributed by atoms with Crippen LogP contribution in [0.4, 0.5) is 0 Å². The lowest BCUT2D eigenvalue weighted by Crippen LogP contribution is -2.32. The number of unbranched alkanes of at least 4 members (excludes halogenated alkanes) is 5. The summed E-state index contributed by atoms with van der Waals surface area (Å²) in [6.45, 7) is 5.76. The van der Waals surface area contributed by atoms with Gasteiger partial charge >= 0.3 is 11.9 Å². The van der Waals surface area contributed by atoms with Crippen molar-refractivity contribution in [2.45, 2.75) is 103 Å². The molecule has 1 saturated heterocycles. The third-order valence-corrected chi connectivity index (χ3v) is 5.54. The lowest BCUT2D eigenvalue weighted by molar-refractivity contribution is -0.164. The van der Waals surface area contributed by atoms with Crippen molar-refractivity contribution < 1.29 is 33.6 Å². The third-order valence-electron chi connectivity index (χ3n) is 5.54. The molecule has 2 heterocycles. The maximum atomic E-state index is 12.1. The first-order valence-electron chi connectivity index (χ1n) is 12.5. The molecule has 7 nitrogen and oxygen atoms in total. The highest BCUT2D eigenvalue weighted by Crippen LogP contribution is 2.32. The van der Waals surface area contributed by atoms with Crippen LogP contribution in [-0.2, 0) is 28.5 Å². The smallest absolute Gasteiger partial charge is 0.378 e. The van der Waals surface area contributed by atoms with E-state index in [0.29, 0.717) is 6.42 Å². The standard InChI is InChI=1S/C27H40O7/c1-4-5-6-7-8-9-10-11-12-13-14-15-16-17-18-19-22(28)32-25-23(29)24(33-26(25)30)21-20-31-27(2,3)34-21/h5-6,8-9,11-12,21,24,29H,4,7,10,13-20H2,1-3H3. The predicted octanol–water partition coefficient (Wildman–Crippen LogP) is 5.97. The number of carbonyl (C=O) groups excluding carboxylic acids is 2. The molecule has 2 rings (SSSR count). The highest BCUT2D eigenvalue weighted by molar-refractivity contribution is 5.92. The van der Waals surface area contributed by atoms with Gasteiger partial charge in [0.15, 0.2) is 17.7 Å². The van der Waals surface area contributed by atoms with E-state index in [-0.39, 0.29) is 13.0 Å². The van der Waals surface area contributed by atoms with Gasteiger partial charge in [-0.2, -0.15) is 0 Å². The SMILES string of the molecule is CCC=CCC=CCC=CCCCCCCCC(=O)OC1=C(O)C(C2COC(C)(C)O2)OC1=O. The van der Waals surface area contributed by atoms with Crippen molar-refractivity contribution in [2.75, 3.05) is 6.61 Å². The van der Waals surface area contributed by atoms with Crippen LogP contribution in [0.2, 0.25) is 0 Å². The van der Waals surface area contributed by atoms with Gasteiger partial charge in [0.1, 0.15) is 6.10 Å². The summed E-state index contributed by atoms with van der Waals surface area (Å²) in [7, 11) is 0. The quantitative estimate of drug-likeness (QED) is 0.177. The van der Waals surface area contributed by atoms with Crippen LogP contribution in [0.15, 0.2) is 48.0 Å². The summed E-state index contributed by atoms with van der Waals surface area (Å²) in [5.41, 5.74) is 0. The second-order valence-electron chi connectivity index (χ2n) is 8.98. The average molecular weight is 477 g/mol. The van der Waals surface area contributed by atoms with Crippen molar-refractivity contribution in [1.29, 1.82) is 0 Å². The largest absolute Gasteiger partial charge is 0.505 e. The Bertz CT molecular complexity index is 776. The Morgan fingerprint density at radius 3 is 2.35 bits per heavy atom. The number of hydrogen-bond acceptors (Lipinski definition) is 7. The number of cyclic esters (lactones) is 1. The molecule has 0 aliphatic carbocycles. The molecule has 0 aromatic heterocycles. The molecule has 0 bridgehead atoms. The number of ether oxygens (including phenoxy) is 4. The summed E-state index contributed by atoms with van der Waals surface area (Å²) < 4.78 is 21.3. The number of aliphatic hydroxyl groups is 1. The molecule has 2 unspecified atom stereocenters. The molecule has 1 N–H and O–H groups in total. The van der Waals surface area contributed by atoms with Crippen molar-refractivity contribution in [2.24, 2.45) is 0 Å². The monoisotopic (exact) mass is 476 g/mol. The molecular weight excluding hydrogens is 436 g/mol. The minimum absolute atomic E-state index is 0.167. The van der Waals surface area contributed by atoms with E-state index in [1.807, 2.05) is 0 Å². The van der Waals surface area contributed by atoms with E-state index < -0.39 is 41.5 Å². The van der Waals surface area contributed by atoms with Crippen LogP contribution in [0.1, 0.15) is 85.0 Å². The molecule has 0 saturated carbocycles. The van der Waals surface area contributed by atoms with Gasteiger partial charge in [0.25, 0.3) is 5.76 Å². The Balaban J connectivity index is 1.54. The topological polar surface area (TPSA) is 91.3 Å². The molecule has 0 amide bonds. The molecule has 2 aliphatic heterocycles. The van der Waals surface area contributed by atoms with Gasteiger partial charge in [0, 0.05) is 6.42 Å². The molecule has 2 aliphatic rings. The second kappa shape index (κ2) is 14.8. The predicted molar refractivity (Wildman–Crippen MR) is 130 cm³/mol. The van der Waals surface area contributed by atoms with E-state index >= 15 is 0 Å². The number of esters is 2. The molecule has 190 valence electrons. The fourth-order valence-electron chi connectivity index (χ4n) is 3.72. The van der Waals surface area contributed by atoms with Gasteiger partial charge in [-0.05, 0) is 52.4 Å². The zero-order chi connectivity index (χ0) is 24.8. The normalized spacial score (nSPS) is 22.5. The van der Waals surface area contributed by atoms with Crippen LogP contribution < -0.4 is 0 Å². The van der Waals surface area contributed by atoms with Crippen molar-refractivity contribution >= 4 is 11.9 Å². The van der Waals surface area contributed by atoms with Crippen LogP contribution in [0.25, 0.3) is 0 Å². The lowest BCUT2D eigenvalue weighted by Gasteiger charge is -2.19. The number of rotatable bonds is 15. The molecular formula is C27H40O7. The summed E-state index contributed by atoms with van der Waals surface area (Å²) in [4.78, 5) is 24.1. The van der Waals surface area contributed by atoms with Crippen molar-refractivity contribution in [1.82, 2.24) is 0 Å². The lowest BCUT2D eigenvalue weighted by atomic mass is 10.1. The van der Waals surface area contributed by atoms with E-state index in [9.17, 15) is 14.7 Å². The zero-order valence-corrected chi connectivity index (χ0v) is 20.8. The highest BCUT2D eigenvalue weighted by Gasteiger charge is 2.47. The molecule has 2 atom stereocenters. The van der Waals surface area contributed by atoms with E-state index in [4.69, 9.17) is 18.9 Å². The Hall–Kier alpha value is -2.38. The van der Waals surface area contributed by atoms with E-state index in [1.165, 1.54) is 0 Å². The molecule has 0 aromatic carbocycles. The molecule has 34 heavy (non-hydrogen) atoms. The first-order chi connectivity index (χ1) is 16.3. The van der Waals surface area contributed by atoms with Gasteiger partial charge in [-0.15, -0.1) is 0 Å². The van der Waals surface area contributed by atoms with Crippen molar-refractivity contribution in [3.63, 3.8) is 0 Å². The van der Waals surface area contributed by atoms with Gasteiger partial charge in [0.05, 0.1) is 6.61 Å². The summed E-state index contributed by atoms with van der Waals surface area (Å²) in [6, 6.07) is 0. The average Bonchev–Trinajstić information content (AvgIpc) is 3.29. The minimum atomic E-state index is -1.02. The number of carbonyl (C=O) groups is 2. The Labute approximate surface area is 203 Å². The third kappa shape index (κ3) is 9.85. The second-order valence-corrected chi connectivity index (χ2v) is 8.98. The fourth-order valence-corrected chi connectivity index (χ4v) is 3.72. The summed E-state index contributed by atoms with van der Waals surface area (Å²) in [6.07, 6.45) is 20.7. The molecule has 0 radical (unpaired) electrons. The van der Waals surface area contributed by atoms with E-state index in [0.717, 1.165) is 51.4 Å². The van der Waals surface area contributed by atoms with Crippen LogP contribution in [0.5, 0.6) is 0 Å². The Morgan fingerprint density at radius 2 is 1.68 bits per heavy atom. The molecule has 0 spiro atoms. The molecule has 7 heteroatoms. The van der Waals surface area contributed by atoms with Crippen LogP contribution in [-0.4, -0.2) is 41.6 Å². The van der Waals surface area contributed by atoms with Crippen molar-refractivity contribution in [3.8, 4) is 0 Å². The first-order valence-corrected chi connectivity index (χ1v) is 12.5. The minimum Gasteiger partial charge on any atom is -0.505 e. The molecule has 0 aromatic rings. The summed E-state index contributed by atoms with van der Waals surface area (Å²) in [5.74, 6) is -3.09. The Morgan fingerprint density at radius 1 is 1.03 bits per heavy atom. The number of allylic oxidation sites excluding steroid dienone is 6. The van der Waals surface area contributed by atoms with Gasteiger partial charge < -0.3 is 24.1 Å². The van der Waals surface area contributed by atoms with Crippen molar-refractivity contribution in [3.05, 3.63) is 48.0 Å². The van der Waals surface area contributed by atoms with Crippen LogP contribution >= 0.6 is 0 Å². The maximum absolute atomic E-state index is 12.1. The summed E-state index contributed by atoms with van der Waals surface area (Å²) >= 11 is 0. The Kier molecular flexibility index (Phi) is 12.1. The zero-order valence-electron chi connectivity index (χ0n) is 20.8. The van der Waals surface area contributed by atoms with Gasteiger partial charge in [-0.1, -0.05) is 62.6 Å². The van der Waals surface area contributed by atoms with E-state index in [2.05, 4.69) is 43.4 Å². The van der Waals surface area contributed by atoms with Crippen LogP contribution in [0, 0.1) is 0 Å². The fraction of sp³-hybridized carbons (Fsp3) is 0.630. The van der Waals surface area contributed by atoms with E-state index in [1.54, 1.807) is 13.8 Å². The van der Waals surface area contributed by atoms with Gasteiger partial charge in [-0.25, -0.2) is 4.79 Å². The summed E-state index contributed by atoms with van der Waals surface area (Å²) in [5, 5.41) is 10.3. The van der Waals surface area contributed by atoms with Gasteiger partial charge in [0.2, 0.25) is 0 Å². The maximum Gasteiger partial charge on any atom is 0.378 e. The molecule has 1 fully saturated rings. The number of hydrogen-bond donors (Lipinski definition) is 1. The highest BCUT2D eigenvalue weighted by atomic mass is 16.8. The number of aliphatic hydroxyl groups excluding tert-OH is 1. The first kappa shape index (κ1) is 27.9. The van der Waals surface area contributed by atoms with Gasteiger partial charge in [-0.3, -0.25) is 4.79 Å².